The van der Waals surface area contributed by atoms with E-state index in [-0.39, 0.29) is 5.91 Å². The molecule has 1 fully saturated rings. The Morgan fingerprint density at radius 3 is 2.70 bits per heavy atom. The van der Waals surface area contributed by atoms with Crippen molar-refractivity contribution in [2.45, 2.75) is 0 Å². The number of amidine groups is 1. The molecule has 0 bridgehead atoms. The van der Waals surface area contributed by atoms with E-state index in [0.29, 0.717) is 10.1 Å². The van der Waals surface area contributed by atoms with E-state index in [1.54, 1.807) is 18.6 Å². The Morgan fingerprint density at radius 2 is 1.80 bits per heavy atom. The van der Waals surface area contributed by atoms with Gasteiger partial charge in [0.15, 0.2) is 5.17 Å². The van der Waals surface area contributed by atoms with Crippen LogP contribution < -0.4 is 5.32 Å². The van der Waals surface area contributed by atoms with Crippen molar-refractivity contribution in [3.63, 3.8) is 0 Å². The van der Waals surface area contributed by atoms with Crippen molar-refractivity contribution < 1.29 is 4.79 Å². The van der Waals surface area contributed by atoms with Crippen LogP contribution >= 0.6 is 11.8 Å². The van der Waals surface area contributed by atoms with Crippen molar-refractivity contribution in [1.82, 2.24) is 15.3 Å². The van der Waals surface area contributed by atoms with Crippen LogP contribution in [0.4, 0.5) is 5.69 Å². The fraction of sp³-hybridized carbons (Fsp3) is 0. The molecule has 5 nitrogen and oxygen atoms in total. The molecule has 4 aromatic rings. The Balaban J connectivity index is 1.45. The average Bonchev–Trinajstić information content (AvgIpc) is 3.13. The minimum Gasteiger partial charge on any atom is -0.300 e. The van der Waals surface area contributed by atoms with Crippen LogP contribution in [0.15, 0.2) is 95.2 Å². The van der Waals surface area contributed by atoms with Gasteiger partial charge in [-0.15, -0.1) is 0 Å². The maximum Gasteiger partial charge on any atom is 0.264 e. The van der Waals surface area contributed by atoms with E-state index in [4.69, 9.17) is 4.99 Å². The van der Waals surface area contributed by atoms with Crippen LogP contribution in [0.25, 0.3) is 28.1 Å². The fourth-order valence-corrected chi connectivity index (χ4v) is 4.11. The monoisotopic (exact) mass is 408 g/mol. The van der Waals surface area contributed by atoms with Gasteiger partial charge in [0, 0.05) is 29.5 Å². The zero-order valence-electron chi connectivity index (χ0n) is 15.8. The molecule has 2 aromatic carbocycles. The smallest absolute Gasteiger partial charge is 0.264 e. The van der Waals surface area contributed by atoms with Gasteiger partial charge in [-0.25, -0.2) is 4.99 Å². The van der Waals surface area contributed by atoms with Gasteiger partial charge in [-0.2, -0.15) is 0 Å². The van der Waals surface area contributed by atoms with E-state index in [9.17, 15) is 4.79 Å². The van der Waals surface area contributed by atoms with E-state index < -0.39 is 0 Å². The lowest BCUT2D eigenvalue weighted by Crippen LogP contribution is -2.19. The van der Waals surface area contributed by atoms with Crippen LogP contribution in [0.3, 0.4) is 0 Å². The lowest BCUT2D eigenvalue weighted by molar-refractivity contribution is -0.115. The molecule has 3 heterocycles. The Morgan fingerprint density at radius 1 is 0.933 bits per heavy atom. The lowest BCUT2D eigenvalue weighted by atomic mass is 10.1. The van der Waals surface area contributed by atoms with Crippen LogP contribution in [-0.2, 0) is 4.79 Å². The predicted octanol–water partition coefficient (Wildman–Crippen LogP) is 5.19. The minimum atomic E-state index is -0.147. The summed E-state index contributed by atoms with van der Waals surface area (Å²) >= 11 is 1.34. The molecule has 0 aliphatic carbocycles. The SMILES string of the molecule is O=C1NC(=Nc2ccccc2-c2ccncc2)S/C1=C/c1ccc2ncccc2c1. The molecule has 1 aliphatic rings. The number of aliphatic imine (C=N–C) groups is 1. The summed E-state index contributed by atoms with van der Waals surface area (Å²) in [4.78, 5) is 26.2. The lowest BCUT2D eigenvalue weighted by Gasteiger charge is -2.06. The zero-order chi connectivity index (χ0) is 20.3. The highest BCUT2D eigenvalue weighted by Gasteiger charge is 2.24. The van der Waals surface area contributed by atoms with Crippen molar-refractivity contribution in [2.24, 2.45) is 4.99 Å². The Kier molecular flexibility index (Phi) is 4.83. The summed E-state index contributed by atoms with van der Waals surface area (Å²) in [5, 5.41) is 4.47. The van der Waals surface area contributed by atoms with Gasteiger partial charge >= 0.3 is 0 Å². The summed E-state index contributed by atoms with van der Waals surface area (Å²) in [6.07, 6.45) is 7.16. The second kappa shape index (κ2) is 7.93. The summed E-state index contributed by atoms with van der Waals surface area (Å²) in [5.41, 5.74) is 4.69. The molecule has 0 atom stereocenters. The van der Waals surface area contributed by atoms with Crippen LogP contribution in [0, 0.1) is 0 Å². The Labute approximate surface area is 177 Å². The molecule has 144 valence electrons. The van der Waals surface area contributed by atoms with E-state index in [1.807, 2.05) is 72.8 Å². The zero-order valence-corrected chi connectivity index (χ0v) is 16.6. The third-order valence-corrected chi connectivity index (χ3v) is 5.60. The number of carbonyl (C=O) groups excluding carboxylic acids is 1. The van der Waals surface area contributed by atoms with Crippen LogP contribution in [-0.4, -0.2) is 21.0 Å². The number of rotatable bonds is 3. The highest BCUT2D eigenvalue weighted by atomic mass is 32.2. The second-order valence-corrected chi connectivity index (χ2v) is 7.72. The van der Waals surface area contributed by atoms with Gasteiger partial charge in [-0.05, 0) is 65.4 Å². The van der Waals surface area contributed by atoms with Gasteiger partial charge < -0.3 is 5.32 Å². The summed E-state index contributed by atoms with van der Waals surface area (Å²) in [5.74, 6) is -0.147. The topological polar surface area (TPSA) is 67.2 Å². The van der Waals surface area contributed by atoms with Crippen molar-refractivity contribution in [3.8, 4) is 11.1 Å². The number of benzene rings is 2. The Hall–Kier alpha value is -3.77. The van der Waals surface area contributed by atoms with Gasteiger partial charge in [0.1, 0.15) is 0 Å². The highest BCUT2D eigenvalue weighted by molar-refractivity contribution is 8.18. The van der Waals surface area contributed by atoms with Crippen LogP contribution in [0.1, 0.15) is 5.56 Å². The van der Waals surface area contributed by atoms with Gasteiger partial charge in [0.2, 0.25) is 0 Å². The van der Waals surface area contributed by atoms with Crippen molar-refractivity contribution in [2.75, 3.05) is 0 Å². The first-order chi connectivity index (χ1) is 14.8. The number of carbonyl (C=O) groups is 1. The first-order valence-corrected chi connectivity index (χ1v) is 10.2. The number of aromatic nitrogens is 2. The third kappa shape index (κ3) is 3.73. The first-order valence-electron chi connectivity index (χ1n) is 9.40. The summed E-state index contributed by atoms with van der Waals surface area (Å²) in [6.45, 7) is 0. The molecule has 0 unspecified atom stereocenters. The maximum atomic E-state index is 12.5. The molecule has 2 aromatic heterocycles. The molecule has 1 aliphatic heterocycles. The number of thioether (sulfide) groups is 1. The molecular weight excluding hydrogens is 392 g/mol. The number of nitrogens with one attached hydrogen (secondary N) is 1. The van der Waals surface area contributed by atoms with E-state index in [1.165, 1.54) is 11.8 Å². The van der Waals surface area contributed by atoms with Crippen molar-refractivity contribution >= 4 is 45.5 Å². The number of hydrogen-bond acceptors (Lipinski definition) is 5. The number of para-hydroxylation sites is 1. The first kappa shape index (κ1) is 18.3. The van der Waals surface area contributed by atoms with Crippen LogP contribution in [0.2, 0.25) is 0 Å². The summed E-state index contributed by atoms with van der Waals surface area (Å²) in [6, 6.07) is 21.6. The molecule has 0 saturated carbocycles. The minimum absolute atomic E-state index is 0.147. The molecule has 30 heavy (non-hydrogen) atoms. The number of pyridine rings is 2. The molecule has 6 heteroatoms. The van der Waals surface area contributed by atoms with Crippen molar-refractivity contribution in [3.05, 3.63) is 95.8 Å². The van der Waals surface area contributed by atoms with Gasteiger partial charge in [0.25, 0.3) is 5.91 Å². The average molecular weight is 408 g/mol. The van der Waals surface area contributed by atoms with Crippen molar-refractivity contribution in [1.29, 1.82) is 0 Å². The molecule has 5 rings (SSSR count). The highest BCUT2D eigenvalue weighted by Crippen LogP contribution is 2.33. The quantitative estimate of drug-likeness (QED) is 0.474. The maximum absolute atomic E-state index is 12.5. The standard InChI is InChI=1S/C24H16N4OS/c29-23-22(15-16-7-8-20-18(14-16)4-3-11-26-20)30-24(28-23)27-21-6-2-1-5-19(21)17-9-12-25-13-10-17/h1-15H,(H,27,28,29)/b22-15+. The number of amides is 1. The van der Waals surface area contributed by atoms with Gasteiger partial charge in [0.05, 0.1) is 16.1 Å². The Bertz CT molecular complexity index is 1320. The molecule has 0 spiro atoms. The molecular formula is C24H16N4OS. The van der Waals surface area contributed by atoms with Gasteiger partial charge in [-0.1, -0.05) is 30.3 Å². The fourth-order valence-electron chi connectivity index (χ4n) is 3.27. The summed E-state index contributed by atoms with van der Waals surface area (Å²) < 4.78 is 0. The summed E-state index contributed by atoms with van der Waals surface area (Å²) in [7, 11) is 0. The van der Waals surface area contributed by atoms with Crippen LogP contribution in [0.5, 0.6) is 0 Å². The molecule has 1 saturated heterocycles. The molecule has 1 N–H and O–H groups in total. The third-order valence-electron chi connectivity index (χ3n) is 4.69. The second-order valence-electron chi connectivity index (χ2n) is 6.69. The molecule has 1 amide bonds. The largest absolute Gasteiger partial charge is 0.300 e. The van der Waals surface area contributed by atoms with E-state index >= 15 is 0 Å². The van der Waals surface area contributed by atoms with E-state index in [2.05, 4.69) is 15.3 Å². The molecule has 0 radical (unpaired) electrons. The van der Waals surface area contributed by atoms with Gasteiger partial charge in [-0.3, -0.25) is 14.8 Å². The van der Waals surface area contributed by atoms with E-state index in [0.717, 1.165) is 33.3 Å². The number of nitrogens with zero attached hydrogens (tertiary/aromatic N) is 3. The normalized spacial score (nSPS) is 16.3. The number of hydrogen-bond donors (Lipinski definition) is 1. The number of fused-ring (bicyclic) bond motifs is 1. The predicted molar refractivity (Wildman–Crippen MR) is 122 cm³/mol.